The van der Waals surface area contributed by atoms with Crippen molar-refractivity contribution < 1.29 is 19.4 Å². The van der Waals surface area contributed by atoms with E-state index in [1.54, 1.807) is 18.2 Å². The molecule has 0 aromatic heterocycles. The van der Waals surface area contributed by atoms with Crippen LogP contribution in [-0.4, -0.2) is 29.4 Å². The van der Waals surface area contributed by atoms with E-state index in [0.717, 1.165) is 0 Å². The standard InChI is InChI=1S/C14H16O4S/c1-10(16)19-8-4-3-5-12-11(9-15)6-7-13(18-2)14(12)17/h3,5-7,9,17H,4,8H2,1-2H3. The fourth-order valence-corrected chi connectivity index (χ4v) is 2.06. The third-order valence-electron chi connectivity index (χ3n) is 2.44. The van der Waals surface area contributed by atoms with Gasteiger partial charge in [-0.2, -0.15) is 0 Å². The molecule has 0 aliphatic carbocycles. The van der Waals surface area contributed by atoms with Crippen molar-refractivity contribution in [1.82, 2.24) is 0 Å². The van der Waals surface area contributed by atoms with Gasteiger partial charge in [0.15, 0.2) is 22.9 Å². The van der Waals surface area contributed by atoms with Gasteiger partial charge in [-0.1, -0.05) is 23.9 Å². The summed E-state index contributed by atoms with van der Waals surface area (Å²) >= 11 is 1.24. The number of carbonyl (C=O) groups excluding carboxylic acids is 2. The molecule has 1 aromatic rings. The molecule has 102 valence electrons. The molecule has 1 rings (SSSR count). The van der Waals surface area contributed by atoms with Crippen molar-refractivity contribution in [3.8, 4) is 11.5 Å². The van der Waals surface area contributed by atoms with E-state index >= 15 is 0 Å². The molecule has 0 heterocycles. The van der Waals surface area contributed by atoms with Gasteiger partial charge in [0.05, 0.1) is 7.11 Å². The second kappa shape index (κ2) is 7.63. The van der Waals surface area contributed by atoms with Crippen LogP contribution >= 0.6 is 11.8 Å². The molecule has 0 amide bonds. The first kappa shape index (κ1) is 15.3. The van der Waals surface area contributed by atoms with Crippen LogP contribution in [0.2, 0.25) is 0 Å². The molecule has 0 saturated heterocycles. The zero-order chi connectivity index (χ0) is 14.3. The molecule has 0 aliphatic rings. The number of aldehydes is 1. The van der Waals surface area contributed by atoms with Gasteiger partial charge in [-0.05, 0) is 18.6 Å². The van der Waals surface area contributed by atoms with Crippen molar-refractivity contribution in [2.24, 2.45) is 0 Å². The van der Waals surface area contributed by atoms with E-state index in [1.165, 1.54) is 25.8 Å². The Balaban J connectivity index is 2.83. The molecule has 0 fully saturated rings. The first-order valence-corrected chi connectivity index (χ1v) is 6.73. The van der Waals surface area contributed by atoms with Crippen molar-refractivity contribution in [3.05, 3.63) is 29.3 Å². The van der Waals surface area contributed by atoms with E-state index < -0.39 is 0 Å². The van der Waals surface area contributed by atoms with Crippen LogP contribution in [0.1, 0.15) is 29.3 Å². The topological polar surface area (TPSA) is 63.6 Å². The molecule has 0 saturated carbocycles. The number of phenols is 1. The van der Waals surface area contributed by atoms with Crippen molar-refractivity contribution in [1.29, 1.82) is 0 Å². The van der Waals surface area contributed by atoms with Crippen LogP contribution in [0.4, 0.5) is 0 Å². The number of phenolic OH excluding ortho intramolecular Hbond substituents is 1. The Morgan fingerprint density at radius 2 is 2.21 bits per heavy atom. The van der Waals surface area contributed by atoms with Crippen LogP contribution < -0.4 is 4.74 Å². The summed E-state index contributed by atoms with van der Waals surface area (Å²) in [5, 5.41) is 10.0. The Hall–Kier alpha value is -1.75. The minimum atomic E-state index is -0.0532. The number of methoxy groups -OCH3 is 1. The van der Waals surface area contributed by atoms with Crippen molar-refractivity contribution in [3.63, 3.8) is 0 Å². The third-order valence-corrected chi connectivity index (χ3v) is 3.28. The normalized spacial score (nSPS) is 10.6. The highest BCUT2D eigenvalue weighted by Gasteiger charge is 2.10. The highest BCUT2D eigenvalue weighted by molar-refractivity contribution is 8.13. The molecule has 0 spiro atoms. The number of hydrogen-bond acceptors (Lipinski definition) is 5. The summed E-state index contributed by atoms with van der Waals surface area (Å²) in [6.07, 6.45) is 4.85. The SMILES string of the molecule is COc1ccc(C=O)c(C=CCCSC(C)=O)c1O. The summed E-state index contributed by atoms with van der Waals surface area (Å²) in [6.45, 7) is 1.52. The van der Waals surface area contributed by atoms with E-state index in [1.807, 2.05) is 6.08 Å². The lowest BCUT2D eigenvalue weighted by Gasteiger charge is -2.08. The van der Waals surface area contributed by atoms with E-state index in [9.17, 15) is 14.7 Å². The first-order chi connectivity index (χ1) is 9.10. The minimum absolute atomic E-state index is 0.0532. The highest BCUT2D eigenvalue weighted by atomic mass is 32.2. The molecule has 0 atom stereocenters. The summed E-state index contributed by atoms with van der Waals surface area (Å²) in [5.41, 5.74) is 0.830. The van der Waals surface area contributed by atoms with Crippen LogP contribution in [-0.2, 0) is 4.79 Å². The van der Waals surface area contributed by atoms with Gasteiger partial charge in [-0.25, -0.2) is 0 Å². The van der Waals surface area contributed by atoms with Crippen LogP contribution in [0, 0.1) is 0 Å². The quantitative estimate of drug-likeness (QED) is 0.641. The smallest absolute Gasteiger partial charge is 0.185 e. The Morgan fingerprint density at radius 1 is 1.47 bits per heavy atom. The number of ether oxygens (including phenoxy) is 1. The molecule has 0 unspecified atom stereocenters. The summed E-state index contributed by atoms with van der Waals surface area (Å²) in [6, 6.07) is 3.14. The van der Waals surface area contributed by atoms with Gasteiger partial charge < -0.3 is 9.84 Å². The van der Waals surface area contributed by atoms with Gasteiger partial charge in [-0.15, -0.1) is 0 Å². The molecule has 0 aliphatic heterocycles. The molecular weight excluding hydrogens is 264 g/mol. The Labute approximate surface area is 116 Å². The summed E-state index contributed by atoms with van der Waals surface area (Å²) < 4.78 is 5.00. The van der Waals surface area contributed by atoms with Crippen LogP contribution in [0.5, 0.6) is 11.5 Å². The number of hydrogen-bond donors (Lipinski definition) is 1. The Bertz CT molecular complexity index is 494. The molecule has 1 aromatic carbocycles. The predicted molar refractivity (Wildman–Crippen MR) is 76.8 cm³/mol. The van der Waals surface area contributed by atoms with Crippen molar-refractivity contribution >= 4 is 29.2 Å². The summed E-state index contributed by atoms with van der Waals surface area (Å²) in [4.78, 5) is 21.7. The number of aromatic hydroxyl groups is 1. The Kier molecular flexibility index (Phi) is 6.15. The zero-order valence-corrected chi connectivity index (χ0v) is 11.7. The number of benzene rings is 1. The zero-order valence-electron chi connectivity index (χ0n) is 10.9. The molecule has 0 radical (unpaired) electrons. The van der Waals surface area contributed by atoms with Gasteiger partial charge in [0.1, 0.15) is 0 Å². The fourth-order valence-electron chi connectivity index (χ4n) is 1.52. The molecule has 19 heavy (non-hydrogen) atoms. The largest absolute Gasteiger partial charge is 0.504 e. The van der Waals surface area contributed by atoms with E-state index in [4.69, 9.17) is 4.74 Å². The molecule has 4 nitrogen and oxygen atoms in total. The van der Waals surface area contributed by atoms with Crippen LogP contribution in [0.15, 0.2) is 18.2 Å². The Morgan fingerprint density at radius 3 is 2.79 bits per heavy atom. The van der Waals surface area contributed by atoms with E-state index in [0.29, 0.717) is 35.3 Å². The maximum Gasteiger partial charge on any atom is 0.185 e. The molecule has 5 heteroatoms. The maximum absolute atomic E-state index is 10.9. The maximum atomic E-state index is 10.9. The van der Waals surface area contributed by atoms with Gasteiger partial charge in [0, 0.05) is 23.8 Å². The van der Waals surface area contributed by atoms with E-state index in [2.05, 4.69) is 0 Å². The lowest BCUT2D eigenvalue weighted by molar-refractivity contribution is -0.109. The van der Waals surface area contributed by atoms with Crippen LogP contribution in [0.25, 0.3) is 6.08 Å². The second-order valence-corrected chi connectivity index (χ2v) is 5.04. The van der Waals surface area contributed by atoms with Gasteiger partial charge in [-0.3, -0.25) is 9.59 Å². The van der Waals surface area contributed by atoms with Crippen molar-refractivity contribution in [2.75, 3.05) is 12.9 Å². The monoisotopic (exact) mass is 280 g/mol. The van der Waals surface area contributed by atoms with Gasteiger partial charge in [0.2, 0.25) is 0 Å². The molecular formula is C14H16O4S. The lowest BCUT2D eigenvalue weighted by Crippen LogP contribution is -1.91. The second-order valence-electron chi connectivity index (χ2n) is 3.77. The third kappa shape index (κ3) is 4.44. The first-order valence-electron chi connectivity index (χ1n) is 5.75. The number of allylic oxidation sites excluding steroid dienone is 1. The number of thioether (sulfide) groups is 1. The minimum Gasteiger partial charge on any atom is -0.504 e. The van der Waals surface area contributed by atoms with Crippen molar-refractivity contribution in [2.45, 2.75) is 13.3 Å². The number of rotatable bonds is 6. The average Bonchev–Trinajstić information content (AvgIpc) is 2.39. The highest BCUT2D eigenvalue weighted by Crippen LogP contribution is 2.32. The predicted octanol–water partition coefficient (Wildman–Crippen LogP) is 2.90. The summed E-state index contributed by atoms with van der Waals surface area (Å²) in [5.74, 6) is 0.943. The lowest BCUT2D eigenvalue weighted by atomic mass is 10.1. The molecule has 0 bridgehead atoms. The molecule has 1 N–H and O–H groups in total. The number of carbonyl (C=O) groups is 2. The van der Waals surface area contributed by atoms with E-state index in [-0.39, 0.29) is 10.9 Å². The van der Waals surface area contributed by atoms with Crippen LogP contribution in [0.3, 0.4) is 0 Å². The van der Waals surface area contributed by atoms with Gasteiger partial charge >= 0.3 is 0 Å². The fraction of sp³-hybridized carbons (Fsp3) is 0.286. The van der Waals surface area contributed by atoms with Gasteiger partial charge in [0.25, 0.3) is 0 Å². The summed E-state index contributed by atoms with van der Waals surface area (Å²) in [7, 11) is 1.45. The average molecular weight is 280 g/mol.